The van der Waals surface area contributed by atoms with E-state index in [0.29, 0.717) is 6.04 Å². The maximum Gasteiger partial charge on any atom is 0.121 e. The van der Waals surface area contributed by atoms with E-state index in [1.807, 2.05) is 0 Å². The molecule has 0 heterocycles. The fraction of sp³-hybridized carbons (Fsp3) is 0.667. The van der Waals surface area contributed by atoms with E-state index in [-0.39, 0.29) is 0 Å². The van der Waals surface area contributed by atoms with Gasteiger partial charge in [-0.2, -0.15) is 0 Å². The van der Waals surface area contributed by atoms with Crippen molar-refractivity contribution in [3.63, 3.8) is 0 Å². The molecule has 0 amide bonds. The Kier molecular flexibility index (Phi) is 4.02. The summed E-state index contributed by atoms with van der Waals surface area (Å²) in [5.74, 6) is 3.86. The van der Waals surface area contributed by atoms with E-state index < -0.39 is 0 Å². The van der Waals surface area contributed by atoms with Crippen molar-refractivity contribution < 1.29 is 4.74 Å². The van der Waals surface area contributed by atoms with Gasteiger partial charge in [-0.3, -0.25) is 0 Å². The second kappa shape index (κ2) is 5.77. The van der Waals surface area contributed by atoms with E-state index in [4.69, 9.17) is 4.74 Å². The molecular formula is C18H27NO. The van der Waals surface area contributed by atoms with Gasteiger partial charge in [0.2, 0.25) is 0 Å². The molecule has 0 aliphatic heterocycles. The van der Waals surface area contributed by atoms with Gasteiger partial charge in [-0.25, -0.2) is 0 Å². The molecule has 0 bridgehead atoms. The average Bonchev–Trinajstić information content (AvgIpc) is 2.92. The third-order valence-electron chi connectivity index (χ3n) is 5.25. The molecule has 110 valence electrons. The highest BCUT2D eigenvalue weighted by Crippen LogP contribution is 2.62. The lowest BCUT2D eigenvalue weighted by atomic mass is 9.95. The zero-order valence-electron chi connectivity index (χ0n) is 13.0. The summed E-state index contributed by atoms with van der Waals surface area (Å²) in [6, 6.07) is 7.26. The summed E-state index contributed by atoms with van der Waals surface area (Å²) < 4.78 is 5.39. The van der Waals surface area contributed by atoms with Gasteiger partial charge < -0.3 is 10.1 Å². The van der Waals surface area contributed by atoms with Gasteiger partial charge in [-0.05, 0) is 67.7 Å². The Balaban J connectivity index is 1.80. The molecule has 3 rings (SSSR count). The Bertz CT molecular complexity index is 460. The Hall–Kier alpha value is -1.02. The SMILES string of the molecule is CCCNC(c1ccc(OC)c(C)c1)C1C2CCCC21. The monoisotopic (exact) mass is 273 g/mol. The van der Waals surface area contributed by atoms with Crippen LogP contribution in [-0.4, -0.2) is 13.7 Å². The molecule has 2 aliphatic rings. The van der Waals surface area contributed by atoms with Gasteiger partial charge in [-0.1, -0.05) is 25.5 Å². The molecule has 1 aromatic rings. The Morgan fingerprint density at radius 1 is 1.30 bits per heavy atom. The summed E-state index contributed by atoms with van der Waals surface area (Å²) in [5, 5.41) is 3.80. The number of hydrogen-bond donors (Lipinski definition) is 1. The molecule has 2 nitrogen and oxygen atoms in total. The molecule has 1 aromatic carbocycles. The van der Waals surface area contributed by atoms with Crippen LogP contribution in [-0.2, 0) is 0 Å². The van der Waals surface area contributed by atoms with Crippen LogP contribution in [0.25, 0.3) is 0 Å². The molecule has 20 heavy (non-hydrogen) atoms. The molecule has 2 saturated carbocycles. The normalized spacial score (nSPS) is 29.1. The van der Waals surface area contributed by atoms with Crippen molar-refractivity contribution in [1.82, 2.24) is 5.32 Å². The van der Waals surface area contributed by atoms with Gasteiger partial charge >= 0.3 is 0 Å². The number of methoxy groups -OCH3 is 1. The van der Waals surface area contributed by atoms with Crippen molar-refractivity contribution >= 4 is 0 Å². The zero-order chi connectivity index (χ0) is 14.1. The van der Waals surface area contributed by atoms with E-state index in [0.717, 1.165) is 30.0 Å². The molecule has 0 saturated heterocycles. The van der Waals surface area contributed by atoms with E-state index in [9.17, 15) is 0 Å². The Morgan fingerprint density at radius 2 is 2.05 bits per heavy atom. The smallest absolute Gasteiger partial charge is 0.121 e. The Labute approximate surface area is 122 Å². The van der Waals surface area contributed by atoms with Crippen molar-refractivity contribution in [3.05, 3.63) is 29.3 Å². The fourth-order valence-corrected chi connectivity index (χ4v) is 4.24. The van der Waals surface area contributed by atoms with Gasteiger partial charge in [0, 0.05) is 6.04 Å². The van der Waals surface area contributed by atoms with Crippen LogP contribution in [0, 0.1) is 24.7 Å². The third-order valence-corrected chi connectivity index (χ3v) is 5.25. The molecule has 0 radical (unpaired) electrons. The quantitative estimate of drug-likeness (QED) is 0.843. The molecule has 1 N–H and O–H groups in total. The van der Waals surface area contributed by atoms with Crippen molar-refractivity contribution in [3.8, 4) is 5.75 Å². The van der Waals surface area contributed by atoms with Crippen LogP contribution in [0.15, 0.2) is 18.2 Å². The van der Waals surface area contributed by atoms with Crippen molar-refractivity contribution in [2.24, 2.45) is 17.8 Å². The van der Waals surface area contributed by atoms with Crippen LogP contribution in [0.3, 0.4) is 0 Å². The number of aryl methyl sites for hydroxylation is 1. The standard InChI is InChI=1S/C18H27NO/c1-4-10-19-18(17-14-6-5-7-15(14)17)13-8-9-16(20-3)12(2)11-13/h8-9,11,14-15,17-19H,4-7,10H2,1-3H3. The molecule has 0 aromatic heterocycles. The summed E-state index contributed by atoms with van der Waals surface area (Å²) in [6.07, 6.45) is 5.56. The van der Waals surface area contributed by atoms with E-state index in [1.165, 1.54) is 36.8 Å². The minimum Gasteiger partial charge on any atom is -0.496 e. The highest BCUT2D eigenvalue weighted by molar-refractivity contribution is 5.38. The van der Waals surface area contributed by atoms with E-state index >= 15 is 0 Å². The topological polar surface area (TPSA) is 21.3 Å². The van der Waals surface area contributed by atoms with E-state index in [1.54, 1.807) is 7.11 Å². The molecule has 0 spiro atoms. The lowest BCUT2D eigenvalue weighted by molar-refractivity contribution is 0.406. The highest BCUT2D eigenvalue weighted by Gasteiger charge is 2.55. The summed E-state index contributed by atoms with van der Waals surface area (Å²) in [5.41, 5.74) is 2.70. The first-order valence-corrected chi connectivity index (χ1v) is 8.14. The summed E-state index contributed by atoms with van der Waals surface area (Å²) in [6.45, 7) is 5.51. The molecule has 3 unspecified atom stereocenters. The summed E-state index contributed by atoms with van der Waals surface area (Å²) >= 11 is 0. The van der Waals surface area contributed by atoms with Gasteiger partial charge in [0.15, 0.2) is 0 Å². The third kappa shape index (κ3) is 2.46. The molecule has 2 heteroatoms. The molecule has 2 aliphatic carbocycles. The number of ether oxygens (including phenoxy) is 1. The van der Waals surface area contributed by atoms with Crippen molar-refractivity contribution in [2.75, 3.05) is 13.7 Å². The second-order valence-electron chi connectivity index (χ2n) is 6.50. The highest BCUT2D eigenvalue weighted by atomic mass is 16.5. The largest absolute Gasteiger partial charge is 0.496 e. The average molecular weight is 273 g/mol. The van der Waals surface area contributed by atoms with Gasteiger partial charge in [0.1, 0.15) is 5.75 Å². The minimum absolute atomic E-state index is 0.551. The molecule has 2 fully saturated rings. The van der Waals surface area contributed by atoms with Gasteiger partial charge in [0.25, 0.3) is 0 Å². The van der Waals surface area contributed by atoms with Gasteiger partial charge in [-0.15, -0.1) is 0 Å². The summed E-state index contributed by atoms with van der Waals surface area (Å²) in [4.78, 5) is 0. The van der Waals surface area contributed by atoms with Crippen molar-refractivity contribution in [1.29, 1.82) is 0 Å². The number of nitrogens with one attached hydrogen (secondary N) is 1. The van der Waals surface area contributed by atoms with Crippen LogP contribution in [0.1, 0.15) is 49.8 Å². The number of hydrogen-bond acceptors (Lipinski definition) is 2. The first-order valence-electron chi connectivity index (χ1n) is 8.14. The Morgan fingerprint density at radius 3 is 2.65 bits per heavy atom. The fourth-order valence-electron chi connectivity index (χ4n) is 4.24. The van der Waals surface area contributed by atoms with Crippen LogP contribution in [0.4, 0.5) is 0 Å². The van der Waals surface area contributed by atoms with Crippen LogP contribution in [0.5, 0.6) is 5.75 Å². The maximum absolute atomic E-state index is 5.39. The lowest BCUT2D eigenvalue weighted by Gasteiger charge is -2.22. The first kappa shape index (κ1) is 13.9. The predicted molar refractivity (Wildman–Crippen MR) is 83.1 cm³/mol. The minimum atomic E-state index is 0.551. The first-order chi connectivity index (χ1) is 9.76. The number of rotatable bonds is 6. The number of benzene rings is 1. The van der Waals surface area contributed by atoms with Crippen LogP contribution < -0.4 is 10.1 Å². The maximum atomic E-state index is 5.39. The van der Waals surface area contributed by atoms with Crippen molar-refractivity contribution in [2.45, 2.75) is 45.6 Å². The molecular weight excluding hydrogens is 246 g/mol. The van der Waals surface area contributed by atoms with Gasteiger partial charge in [0.05, 0.1) is 7.11 Å². The lowest BCUT2D eigenvalue weighted by Crippen LogP contribution is -2.25. The van der Waals surface area contributed by atoms with Crippen LogP contribution in [0.2, 0.25) is 0 Å². The van der Waals surface area contributed by atoms with Crippen LogP contribution >= 0.6 is 0 Å². The predicted octanol–water partition coefficient (Wildman–Crippen LogP) is 4.09. The molecule has 3 atom stereocenters. The van der Waals surface area contributed by atoms with E-state index in [2.05, 4.69) is 37.4 Å². The summed E-state index contributed by atoms with van der Waals surface area (Å²) in [7, 11) is 1.75. The second-order valence-corrected chi connectivity index (χ2v) is 6.50. The number of fused-ring (bicyclic) bond motifs is 1. The zero-order valence-corrected chi connectivity index (χ0v) is 13.0.